The van der Waals surface area contributed by atoms with E-state index in [1.165, 1.54) is 57.6 Å². The normalized spacial score (nSPS) is 30.1. The molecule has 2 atom stereocenters. The Labute approximate surface area is 196 Å². The van der Waals surface area contributed by atoms with Crippen LogP contribution in [0, 0.1) is 0 Å². The van der Waals surface area contributed by atoms with Crippen LogP contribution in [0.15, 0.2) is 41.0 Å². The number of phenolic OH excluding ortho intramolecular Hbond substituents is 1. The third-order valence-electron chi connectivity index (χ3n) is 8.31. The summed E-state index contributed by atoms with van der Waals surface area (Å²) in [5, 5.41) is 13.8. The van der Waals surface area contributed by atoms with Gasteiger partial charge in [0.25, 0.3) is 0 Å². The first-order chi connectivity index (χ1) is 16.3. The molecule has 0 spiro atoms. The number of hydrazine groups is 1. The van der Waals surface area contributed by atoms with Crippen molar-refractivity contribution in [2.24, 2.45) is 4.99 Å². The van der Waals surface area contributed by atoms with Crippen LogP contribution in [0.1, 0.15) is 37.3 Å². The fraction of sp³-hybridized carbons (Fsp3) is 0.640. The molecule has 1 aromatic carbocycles. The van der Waals surface area contributed by atoms with E-state index in [0.717, 1.165) is 43.6 Å². The zero-order chi connectivity index (χ0) is 22.2. The fourth-order valence-corrected chi connectivity index (χ4v) is 6.43. The maximum absolute atomic E-state index is 10.3. The lowest BCUT2D eigenvalue weighted by Crippen LogP contribution is -2.62. The van der Waals surface area contributed by atoms with E-state index in [1.807, 2.05) is 18.2 Å². The summed E-state index contributed by atoms with van der Waals surface area (Å²) in [7, 11) is 0. The maximum Gasteiger partial charge on any atom is 0.159 e. The Morgan fingerprint density at radius 1 is 0.879 bits per heavy atom. The lowest BCUT2D eigenvalue weighted by molar-refractivity contribution is 0.0294. The highest BCUT2D eigenvalue weighted by atomic mass is 16.3. The van der Waals surface area contributed by atoms with Gasteiger partial charge in [-0.3, -0.25) is 9.89 Å². The van der Waals surface area contributed by atoms with Gasteiger partial charge in [0.2, 0.25) is 0 Å². The van der Waals surface area contributed by atoms with Crippen LogP contribution in [0.25, 0.3) is 0 Å². The van der Waals surface area contributed by atoms with Gasteiger partial charge in [-0.2, -0.15) is 0 Å². The topological polar surface area (TPSA) is 78.4 Å². The second kappa shape index (κ2) is 9.25. The van der Waals surface area contributed by atoms with E-state index in [1.54, 1.807) is 6.07 Å². The first kappa shape index (κ1) is 21.4. The van der Waals surface area contributed by atoms with Gasteiger partial charge in [0.1, 0.15) is 5.75 Å². The second-order valence-corrected chi connectivity index (χ2v) is 10.1. The third-order valence-corrected chi connectivity index (χ3v) is 8.31. The average molecular weight is 452 g/mol. The summed E-state index contributed by atoms with van der Waals surface area (Å²) in [6.07, 6.45) is 7.45. The van der Waals surface area contributed by atoms with Crippen LogP contribution >= 0.6 is 0 Å². The monoisotopic (exact) mass is 451 g/mol. The predicted molar refractivity (Wildman–Crippen MR) is 130 cm³/mol. The van der Waals surface area contributed by atoms with Crippen molar-refractivity contribution in [1.29, 1.82) is 0 Å². The molecule has 33 heavy (non-hydrogen) atoms. The van der Waals surface area contributed by atoms with Crippen molar-refractivity contribution in [3.05, 3.63) is 41.6 Å². The van der Waals surface area contributed by atoms with Crippen LogP contribution < -0.4 is 16.2 Å². The van der Waals surface area contributed by atoms with Crippen molar-refractivity contribution >= 4 is 5.84 Å². The number of aromatic hydroxyl groups is 1. The number of piperazine rings is 1. The quantitative estimate of drug-likeness (QED) is 0.547. The van der Waals surface area contributed by atoms with Crippen molar-refractivity contribution in [3.8, 4) is 5.75 Å². The van der Waals surface area contributed by atoms with Gasteiger partial charge < -0.3 is 25.6 Å². The molecular formula is C25H37N7O. The zero-order valence-electron chi connectivity index (χ0n) is 19.4. The standard InChI is InChI=1S/C25H37N7O/c33-24-4-2-1-3-21(24)22-15-23-25(29-28-22)27-16-20-17-31(13-14-32(20)23)19-7-11-30(12-8-19)18-5-9-26-10-6-18/h1-4,15,18-20,22,26,28,33H,5-14,16-17H2,(H,27,29)/t20-,22?/m0/s1. The van der Waals surface area contributed by atoms with Gasteiger partial charge in [-0.15, -0.1) is 0 Å². The molecule has 0 saturated carbocycles. The highest BCUT2D eigenvalue weighted by Crippen LogP contribution is 2.31. The number of likely N-dealkylation sites (tertiary alicyclic amines) is 1. The number of hydrogen-bond donors (Lipinski definition) is 4. The number of rotatable bonds is 3. The van der Waals surface area contributed by atoms with Crippen LogP contribution in [-0.4, -0.2) is 96.1 Å². The molecule has 0 aromatic heterocycles. The summed E-state index contributed by atoms with van der Waals surface area (Å²) in [5.74, 6) is 1.25. The number of nitrogens with zero attached hydrogens (tertiary/aromatic N) is 4. The first-order valence-corrected chi connectivity index (χ1v) is 12.8. The van der Waals surface area contributed by atoms with Crippen LogP contribution in [0.5, 0.6) is 5.75 Å². The van der Waals surface area contributed by atoms with Crippen molar-refractivity contribution in [1.82, 2.24) is 30.9 Å². The third kappa shape index (κ3) is 4.25. The molecule has 3 fully saturated rings. The highest BCUT2D eigenvalue weighted by molar-refractivity contribution is 5.99. The Bertz CT molecular complexity index is 904. The Hall–Kier alpha value is -2.13. The molecular weight excluding hydrogens is 414 g/mol. The minimum atomic E-state index is -0.0729. The summed E-state index contributed by atoms with van der Waals surface area (Å²) in [4.78, 5) is 12.9. The fourth-order valence-electron chi connectivity index (χ4n) is 6.43. The lowest BCUT2D eigenvalue weighted by atomic mass is 9.95. The van der Waals surface area contributed by atoms with E-state index < -0.39 is 0 Å². The van der Waals surface area contributed by atoms with Gasteiger partial charge in [0.05, 0.1) is 24.3 Å². The number of hydrogen-bond acceptors (Lipinski definition) is 8. The molecule has 0 aliphatic carbocycles. The molecule has 8 heteroatoms. The number of para-hydroxylation sites is 1. The van der Waals surface area contributed by atoms with Crippen LogP contribution in [-0.2, 0) is 0 Å². The molecule has 0 amide bonds. The van der Waals surface area contributed by atoms with Gasteiger partial charge in [-0.25, -0.2) is 5.43 Å². The van der Waals surface area contributed by atoms with Crippen molar-refractivity contribution in [2.75, 3.05) is 52.4 Å². The van der Waals surface area contributed by atoms with Gasteiger partial charge in [0, 0.05) is 37.3 Å². The summed E-state index contributed by atoms with van der Waals surface area (Å²) in [6.45, 7) is 8.97. The maximum atomic E-state index is 10.3. The molecule has 8 nitrogen and oxygen atoms in total. The minimum Gasteiger partial charge on any atom is -0.508 e. The largest absolute Gasteiger partial charge is 0.508 e. The molecule has 4 N–H and O–H groups in total. The van der Waals surface area contributed by atoms with E-state index in [0.29, 0.717) is 17.8 Å². The molecule has 1 unspecified atom stereocenters. The molecule has 6 rings (SSSR count). The predicted octanol–water partition coefficient (Wildman–Crippen LogP) is 1.04. The Morgan fingerprint density at radius 2 is 1.67 bits per heavy atom. The van der Waals surface area contributed by atoms with E-state index in [-0.39, 0.29) is 6.04 Å². The number of fused-ring (bicyclic) bond motifs is 3. The summed E-state index contributed by atoms with van der Waals surface area (Å²) < 4.78 is 0. The smallest absolute Gasteiger partial charge is 0.159 e. The number of benzene rings is 1. The van der Waals surface area contributed by atoms with Crippen LogP contribution in [0.3, 0.4) is 0 Å². The number of nitrogens with one attached hydrogen (secondary N) is 3. The van der Waals surface area contributed by atoms with Gasteiger partial charge in [-0.05, 0) is 64.0 Å². The first-order valence-electron chi connectivity index (χ1n) is 12.8. The minimum absolute atomic E-state index is 0.0729. The molecule has 178 valence electrons. The molecule has 0 radical (unpaired) electrons. The summed E-state index contributed by atoms with van der Waals surface area (Å²) in [6, 6.07) is 9.42. The highest BCUT2D eigenvalue weighted by Gasteiger charge is 2.38. The molecule has 5 aliphatic rings. The van der Waals surface area contributed by atoms with Crippen LogP contribution in [0.4, 0.5) is 0 Å². The Balaban J connectivity index is 1.10. The second-order valence-electron chi connectivity index (χ2n) is 10.1. The van der Waals surface area contributed by atoms with E-state index in [2.05, 4.69) is 36.9 Å². The molecule has 5 heterocycles. The molecule has 5 aliphatic heterocycles. The van der Waals surface area contributed by atoms with E-state index in [4.69, 9.17) is 4.99 Å². The summed E-state index contributed by atoms with van der Waals surface area (Å²) >= 11 is 0. The van der Waals surface area contributed by atoms with Crippen molar-refractivity contribution in [2.45, 2.75) is 49.9 Å². The van der Waals surface area contributed by atoms with E-state index in [9.17, 15) is 5.11 Å². The average Bonchev–Trinajstić information content (AvgIpc) is 2.89. The van der Waals surface area contributed by atoms with Gasteiger partial charge >= 0.3 is 0 Å². The van der Waals surface area contributed by atoms with Crippen molar-refractivity contribution in [3.63, 3.8) is 0 Å². The van der Waals surface area contributed by atoms with Gasteiger partial charge in [-0.1, -0.05) is 18.2 Å². The molecule has 3 saturated heterocycles. The molecule has 0 bridgehead atoms. The lowest BCUT2D eigenvalue weighted by Gasteiger charge is -2.50. The molecule has 1 aromatic rings. The number of amidine groups is 1. The Morgan fingerprint density at radius 3 is 2.48 bits per heavy atom. The number of piperidine rings is 2. The van der Waals surface area contributed by atoms with E-state index >= 15 is 0 Å². The van der Waals surface area contributed by atoms with Crippen LogP contribution in [0.2, 0.25) is 0 Å². The van der Waals surface area contributed by atoms with Crippen molar-refractivity contribution < 1.29 is 5.11 Å². The summed E-state index contributed by atoms with van der Waals surface area (Å²) in [5.41, 5.74) is 8.66. The van der Waals surface area contributed by atoms with Gasteiger partial charge in [0.15, 0.2) is 5.84 Å². The number of phenols is 1. The SMILES string of the molecule is Oc1ccccc1C1C=C2C(=NC[C@H]3CN(C4CCN(C5CCNCC5)CC4)CCN23)NN1. The Kier molecular flexibility index (Phi) is 6.00. The zero-order valence-corrected chi connectivity index (χ0v) is 19.4. The number of aliphatic imine (C=N–C) groups is 1.